The first-order chi connectivity index (χ1) is 8.61. The number of amides is 1. The second kappa shape index (κ2) is 5.11. The number of nitrogens with one attached hydrogen (secondary N) is 2. The van der Waals surface area contributed by atoms with E-state index in [1.807, 2.05) is 0 Å². The molecule has 0 saturated carbocycles. The quantitative estimate of drug-likeness (QED) is 0.668. The number of nitrogens with two attached hydrogens (primary N) is 1. The molecule has 1 heterocycles. The van der Waals surface area contributed by atoms with Crippen molar-refractivity contribution in [2.75, 3.05) is 11.1 Å². The summed E-state index contributed by atoms with van der Waals surface area (Å²) in [4.78, 5) is 24.9. The van der Waals surface area contributed by atoms with Crippen molar-refractivity contribution in [1.82, 2.24) is 0 Å². The highest BCUT2D eigenvalue weighted by molar-refractivity contribution is 7.19. The fourth-order valence-electron chi connectivity index (χ4n) is 1.31. The summed E-state index contributed by atoms with van der Waals surface area (Å²) in [6.45, 7) is 0. The Hall–Kier alpha value is -1.99. The average molecular weight is 284 g/mol. The number of benzene rings is 1. The molecule has 1 aromatic carbocycles. The van der Waals surface area contributed by atoms with Gasteiger partial charge in [-0.05, 0) is 40.2 Å². The van der Waals surface area contributed by atoms with Crippen LogP contribution in [0.1, 0.15) is 10.4 Å². The first-order valence-corrected chi connectivity index (χ1v) is 6.02. The second-order valence-corrected chi connectivity index (χ2v) is 4.69. The maximum atomic E-state index is 11.9. The number of thiazole rings is 1. The average Bonchev–Trinajstić information content (AvgIpc) is 2.69. The zero-order chi connectivity index (χ0) is 13.1. The van der Waals surface area contributed by atoms with Crippen LogP contribution in [0.5, 0.6) is 0 Å². The lowest BCUT2D eigenvalue weighted by Gasteiger charge is -1.99. The Labute approximate surface area is 111 Å². The van der Waals surface area contributed by atoms with Crippen LogP contribution in [0.2, 0.25) is 5.15 Å². The number of carbonyl (C=O) groups is 1. The molecule has 0 unspecified atom stereocenters. The van der Waals surface area contributed by atoms with Gasteiger partial charge < -0.3 is 5.73 Å². The van der Waals surface area contributed by atoms with E-state index in [4.69, 9.17) is 17.3 Å². The number of nitroso groups, excluding NO2 is 1. The lowest BCUT2D eigenvalue weighted by Crippen LogP contribution is -2.18. The van der Waals surface area contributed by atoms with Gasteiger partial charge in [-0.15, -0.1) is 4.91 Å². The number of H-pyrrole nitrogens is 1. The SMILES string of the molecule is Nc1ccccc1C(=O)Nc1[nH+]c(Cl)c(N=O)s1. The maximum absolute atomic E-state index is 11.9. The van der Waals surface area contributed by atoms with E-state index in [0.717, 1.165) is 11.3 Å². The van der Waals surface area contributed by atoms with Gasteiger partial charge in [-0.2, -0.15) is 5.32 Å². The van der Waals surface area contributed by atoms with Crippen LogP contribution < -0.4 is 16.0 Å². The number of aromatic nitrogens is 1. The van der Waals surface area contributed by atoms with Crippen LogP contribution in [-0.2, 0) is 0 Å². The summed E-state index contributed by atoms with van der Waals surface area (Å²) in [5, 5.41) is 5.76. The minimum Gasteiger partial charge on any atom is -0.398 e. The fraction of sp³-hybridized carbons (Fsp3) is 0. The molecule has 0 aliphatic rings. The number of para-hydroxylation sites is 1. The van der Waals surface area contributed by atoms with Crippen molar-refractivity contribution < 1.29 is 9.78 Å². The monoisotopic (exact) mass is 283 g/mol. The first kappa shape index (κ1) is 12.5. The fourth-order valence-corrected chi connectivity index (χ4v) is 2.28. The molecule has 0 atom stereocenters. The number of nitrogen functional groups attached to an aromatic ring is 1. The predicted molar refractivity (Wildman–Crippen MR) is 70.1 cm³/mol. The van der Waals surface area contributed by atoms with Crippen molar-refractivity contribution in [3.8, 4) is 0 Å². The van der Waals surface area contributed by atoms with Crippen LogP contribution in [0.25, 0.3) is 0 Å². The number of anilines is 2. The highest BCUT2D eigenvalue weighted by Crippen LogP contribution is 2.31. The third kappa shape index (κ3) is 2.47. The number of carbonyl (C=O) groups excluding carboxylic acids is 1. The third-order valence-electron chi connectivity index (χ3n) is 2.13. The van der Waals surface area contributed by atoms with Gasteiger partial charge in [0.05, 0.1) is 5.56 Å². The van der Waals surface area contributed by atoms with Crippen LogP contribution in [0.15, 0.2) is 29.4 Å². The molecule has 8 heteroatoms. The van der Waals surface area contributed by atoms with Crippen LogP contribution >= 0.6 is 22.9 Å². The Bertz CT molecular complexity index is 614. The lowest BCUT2D eigenvalue weighted by atomic mass is 10.2. The van der Waals surface area contributed by atoms with Crippen molar-refractivity contribution in [2.24, 2.45) is 5.18 Å². The summed E-state index contributed by atoms with van der Waals surface area (Å²) in [7, 11) is 0. The third-order valence-corrected chi connectivity index (χ3v) is 3.39. The molecule has 4 N–H and O–H groups in total. The molecular weight excluding hydrogens is 276 g/mol. The van der Waals surface area contributed by atoms with Crippen LogP contribution in [0.4, 0.5) is 15.8 Å². The van der Waals surface area contributed by atoms with Gasteiger partial charge >= 0.3 is 11.0 Å². The predicted octanol–water partition coefficient (Wildman–Crippen LogP) is 2.45. The number of aromatic amines is 1. The molecule has 0 aliphatic carbocycles. The molecule has 0 saturated heterocycles. The molecule has 2 rings (SSSR count). The van der Waals surface area contributed by atoms with Crippen LogP contribution in [0, 0.1) is 4.91 Å². The number of halogens is 1. The Morgan fingerprint density at radius 3 is 2.78 bits per heavy atom. The molecular formula is C10H8ClN4O2S+. The summed E-state index contributed by atoms with van der Waals surface area (Å²) < 4.78 is 0. The van der Waals surface area contributed by atoms with E-state index >= 15 is 0 Å². The largest absolute Gasteiger partial charge is 0.398 e. The number of hydrogen-bond donors (Lipinski definition) is 2. The summed E-state index contributed by atoms with van der Waals surface area (Å²) in [5.41, 5.74) is 6.38. The van der Waals surface area contributed by atoms with Gasteiger partial charge in [0, 0.05) is 5.69 Å². The van der Waals surface area contributed by atoms with E-state index in [2.05, 4.69) is 15.5 Å². The summed E-state index contributed by atoms with van der Waals surface area (Å²) in [6, 6.07) is 6.65. The summed E-state index contributed by atoms with van der Waals surface area (Å²) in [6.07, 6.45) is 0. The van der Waals surface area contributed by atoms with Crippen molar-refractivity contribution in [3.63, 3.8) is 0 Å². The molecule has 0 aliphatic heterocycles. The Balaban J connectivity index is 2.21. The first-order valence-electron chi connectivity index (χ1n) is 4.82. The number of nitrogens with zero attached hydrogens (tertiary/aromatic N) is 1. The minimum atomic E-state index is -0.389. The van der Waals surface area contributed by atoms with E-state index in [-0.39, 0.29) is 16.1 Å². The topological polar surface area (TPSA) is 98.7 Å². The molecule has 0 radical (unpaired) electrons. The van der Waals surface area contributed by atoms with Gasteiger partial charge in [0.15, 0.2) is 0 Å². The van der Waals surface area contributed by atoms with Crippen LogP contribution in [-0.4, -0.2) is 5.91 Å². The lowest BCUT2D eigenvalue weighted by molar-refractivity contribution is -0.351. The summed E-state index contributed by atoms with van der Waals surface area (Å²) >= 11 is 6.64. The van der Waals surface area contributed by atoms with Crippen molar-refractivity contribution >= 4 is 44.7 Å². The number of hydrogen-bond acceptors (Lipinski definition) is 5. The second-order valence-electron chi connectivity index (χ2n) is 3.31. The Kier molecular flexibility index (Phi) is 3.54. The van der Waals surface area contributed by atoms with E-state index in [1.165, 1.54) is 0 Å². The van der Waals surface area contributed by atoms with Gasteiger partial charge in [0.2, 0.25) is 10.2 Å². The molecule has 0 spiro atoms. The zero-order valence-electron chi connectivity index (χ0n) is 8.94. The molecule has 6 nitrogen and oxygen atoms in total. The normalized spacial score (nSPS) is 10.1. The maximum Gasteiger partial charge on any atom is 0.342 e. The highest BCUT2D eigenvalue weighted by atomic mass is 35.5. The van der Waals surface area contributed by atoms with Crippen molar-refractivity contribution in [2.45, 2.75) is 0 Å². The van der Waals surface area contributed by atoms with Gasteiger partial charge in [-0.1, -0.05) is 12.1 Å². The van der Waals surface area contributed by atoms with Gasteiger partial charge in [0.1, 0.15) is 0 Å². The summed E-state index contributed by atoms with van der Waals surface area (Å²) in [5.74, 6) is -0.389. The highest BCUT2D eigenvalue weighted by Gasteiger charge is 2.20. The molecule has 2 aromatic rings. The van der Waals surface area contributed by atoms with Gasteiger partial charge in [0.25, 0.3) is 0 Å². The van der Waals surface area contributed by atoms with Crippen molar-refractivity contribution in [3.05, 3.63) is 39.9 Å². The molecule has 1 aromatic heterocycles. The van der Waals surface area contributed by atoms with Crippen LogP contribution in [0.3, 0.4) is 0 Å². The standard InChI is InChI=1S/C10H7ClN4O2S/c11-7-9(15-17)18-10(13-7)14-8(16)5-3-1-2-4-6(5)12/h1-4H,12H2,(H,13,14,16)/p+1. The van der Waals surface area contributed by atoms with E-state index in [1.54, 1.807) is 24.3 Å². The molecule has 0 fully saturated rings. The molecule has 1 amide bonds. The smallest absolute Gasteiger partial charge is 0.342 e. The minimum absolute atomic E-state index is 0.0769. The Morgan fingerprint density at radius 1 is 1.44 bits per heavy atom. The molecule has 0 bridgehead atoms. The zero-order valence-corrected chi connectivity index (χ0v) is 10.5. The number of rotatable bonds is 3. The Morgan fingerprint density at radius 2 is 2.17 bits per heavy atom. The van der Waals surface area contributed by atoms with E-state index < -0.39 is 0 Å². The molecule has 92 valence electrons. The molecule has 18 heavy (non-hydrogen) atoms. The van der Waals surface area contributed by atoms with E-state index in [9.17, 15) is 9.70 Å². The van der Waals surface area contributed by atoms with Gasteiger partial charge in [-0.3, -0.25) is 0 Å². The van der Waals surface area contributed by atoms with Gasteiger partial charge in [-0.25, -0.2) is 9.78 Å². The van der Waals surface area contributed by atoms with Crippen molar-refractivity contribution in [1.29, 1.82) is 0 Å². The van der Waals surface area contributed by atoms with E-state index in [0.29, 0.717) is 16.4 Å².